The van der Waals surface area contributed by atoms with Crippen molar-refractivity contribution < 1.29 is 18.0 Å². The number of alkyl halides is 3. The molecular weight excluding hydrogens is 219 g/mol. The van der Waals surface area contributed by atoms with E-state index < -0.39 is 12.6 Å². The van der Waals surface area contributed by atoms with Crippen molar-refractivity contribution in [1.82, 2.24) is 0 Å². The van der Waals surface area contributed by atoms with Gasteiger partial charge in [0.25, 0.3) is 0 Å². The fourth-order valence-corrected chi connectivity index (χ4v) is 1.80. The highest BCUT2D eigenvalue weighted by atomic mass is 19.4. The van der Waals surface area contributed by atoms with Gasteiger partial charge in [-0.3, -0.25) is 4.79 Å². The highest BCUT2D eigenvalue weighted by Crippen LogP contribution is 2.30. The topological polar surface area (TPSA) is 20.3 Å². The van der Waals surface area contributed by atoms with Crippen molar-refractivity contribution >= 4 is 11.6 Å². The molecule has 0 radical (unpaired) electrons. The van der Waals surface area contributed by atoms with Gasteiger partial charge in [0.15, 0.2) is 0 Å². The van der Waals surface area contributed by atoms with Gasteiger partial charge in [0.05, 0.1) is 12.8 Å². The van der Waals surface area contributed by atoms with Crippen LogP contribution in [-0.4, -0.2) is 18.6 Å². The predicted molar refractivity (Wildman–Crippen MR) is 53.2 cm³/mol. The van der Waals surface area contributed by atoms with E-state index in [0.717, 1.165) is 5.56 Å². The summed E-state index contributed by atoms with van der Waals surface area (Å²) in [6, 6.07) is 6.94. The maximum atomic E-state index is 12.1. The van der Waals surface area contributed by atoms with Crippen LogP contribution in [0.4, 0.5) is 18.9 Å². The van der Waals surface area contributed by atoms with Gasteiger partial charge in [-0.15, -0.1) is 0 Å². The number of nitrogens with zero attached hydrogens (tertiary/aromatic N) is 1. The van der Waals surface area contributed by atoms with Crippen LogP contribution in [0, 0.1) is 0 Å². The number of rotatable bonds is 2. The summed E-state index contributed by atoms with van der Waals surface area (Å²) in [7, 11) is 0. The molecule has 0 fully saturated rings. The van der Waals surface area contributed by atoms with Gasteiger partial charge < -0.3 is 4.90 Å². The van der Waals surface area contributed by atoms with E-state index in [4.69, 9.17) is 0 Å². The van der Waals surface area contributed by atoms with Gasteiger partial charge in [-0.2, -0.15) is 13.2 Å². The SMILES string of the molecule is O=C1Cc2ccccc2N1CCC(F)(F)F. The summed E-state index contributed by atoms with van der Waals surface area (Å²) in [6.07, 6.45) is -4.99. The number of carbonyl (C=O) groups excluding carboxylic acids is 1. The first-order valence-corrected chi connectivity index (χ1v) is 4.92. The Morgan fingerprint density at radius 1 is 1.25 bits per heavy atom. The first kappa shape index (κ1) is 11.0. The molecule has 1 aliphatic heterocycles. The highest BCUT2D eigenvalue weighted by molar-refractivity contribution is 6.01. The molecule has 0 bridgehead atoms. The quantitative estimate of drug-likeness (QED) is 0.763. The largest absolute Gasteiger partial charge is 0.390 e. The molecule has 0 saturated heterocycles. The van der Waals surface area contributed by atoms with E-state index in [1.807, 2.05) is 0 Å². The Balaban J connectivity index is 2.14. The zero-order valence-corrected chi connectivity index (χ0v) is 8.42. The Morgan fingerprint density at radius 3 is 2.62 bits per heavy atom. The summed E-state index contributed by atoms with van der Waals surface area (Å²) in [5.74, 6) is -0.259. The molecule has 1 aromatic carbocycles. The smallest absolute Gasteiger partial charge is 0.312 e. The second-order valence-electron chi connectivity index (χ2n) is 3.72. The number of carbonyl (C=O) groups is 1. The lowest BCUT2D eigenvalue weighted by Gasteiger charge is -2.18. The van der Waals surface area contributed by atoms with Crippen LogP contribution in [0.25, 0.3) is 0 Å². The minimum atomic E-state index is -4.22. The van der Waals surface area contributed by atoms with Gasteiger partial charge in [0, 0.05) is 12.2 Å². The molecule has 0 atom stereocenters. The molecule has 1 aliphatic rings. The summed E-state index contributed by atoms with van der Waals surface area (Å²) >= 11 is 0. The normalized spacial score (nSPS) is 15.4. The van der Waals surface area contributed by atoms with Crippen LogP contribution in [0.3, 0.4) is 0 Å². The van der Waals surface area contributed by atoms with Crippen molar-refractivity contribution in [2.45, 2.75) is 19.0 Å². The number of benzene rings is 1. The molecule has 2 nitrogen and oxygen atoms in total. The van der Waals surface area contributed by atoms with E-state index >= 15 is 0 Å². The molecule has 1 heterocycles. The van der Waals surface area contributed by atoms with Crippen molar-refractivity contribution in [2.75, 3.05) is 11.4 Å². The molecule has 1 amide bonds. The van der Waals surface area contributed by atoms with E-state index in [9.17, 15) is 18.0 Å². The van der Waals surface area contributed by atoms with Crippen LogP contribution in [0.2, 0.25) is 0 Å². The third-order valence-electron chi connectivity index (χ3n) is 2.54. The Morgan fingerprint density at radius 2 is 1.94 bits per heavy atom. The molecule has 0 spiro atoms. The summed E-state index contributed by atoms with van der Waals surface area (Å²) in [5, 5.41) is 0. The van der Waals surface area contributed by atoms with E-state index in [1.54, 1.807) is 24.3 Å². The van der Waals surface area contributed by atoms with E-state index in [-0.39, 0.29) is 18.9 Å². The number of hydrogen-bond acceptors (Lipinski definition) is 1. The fourth-order valence-electron chi connectivity index (χ4n) is 1.80. The van der Waals surface area contributed by atoms with Crippen LogP contribution in [0.15, 0.2) is 24.3 Å². The maximum Gasteiger partial charge on any atom is 0.390 e. The maximum absolute atomic E-state index is 12.1. The lowest BCUT2D eigenvalue weighted by molar-refractivity contribution is -0.133. The lowest BCUT2D eigenvalue weighted by Crippen LogP contribution is -2.30. The summed E-state index contributed by atoms with van der Waals surface area (Å²) in [6.45, 7) is -0.292. The van der Waals surface area contributed by atoms with Crippen molar-refractivity contribution in [3.05, 3.63) is 29.8 Å². The summed E-state index contributed by atoms with van der Waals surface area (Å²) in [5.41, 5.74) is 1.41. The zero-order valence-electron chi connectivity index (χ0n) is 8.42. The van der Waals surface area contributed by atoms with Gasteiger partial charge in [0.1, 0.15) is 0 Å². The second-order valence-corrected chi connectivity index (χ2v) is 3.72. The summed E-state index contributed by atoms with van der Waals surface area (Å²) in [4.78, 5) is 12.7. The lowest BCUT2D eigenvalue weighted by atomic mass is 10.2. The molecule has 0 N–H and O–H groups in total. The molecule has 5 heteroatoms. The van der Waals surface area contributed by atoms with Crippen LogP contribution < -0.4 is 4.90 Å². The molecule has 0 unspecified atom stereocenters. The predicted octanol–water partition coefficient (Wildman–Crippen LogP) is 2.53. The van der Waals surface area contributed by atoms with Crippen LogP contribution in [0.5, 0.6) is 0 Å². The molecule has 0 aliphatic carbocycles. The number of fused-ring (bicyclic) bond motifs is 1. The van der Waals surface area contributed by atoms with Gasteiger partial charge in [0.2, 0.25) is 5.91 Å². The fraction of sp³-hybridized carbons (Fsp3) is 0.364. The van der Waals surface area contributed by atoms with Crippen molar-refractivity contribution in [2.24, 2.45) is 0 Å². The Hall–Kier alpha value is -1.52. The van der Waals surface area contributed by atoms with Crippen molar-refractivity contribution in [1.29, 1.82) is 0 Å². The molecule has 0 saturated carbocycles. The van der Waals surface area contributed by atoms with Crippen molar-refractivity contribution in [3.63, 3.8) is 0 Å². The van der Waals surface area contributed by atoms with Gasteiger partial charge >= 0.3 is 6.18 Å². The van der Waals surface area contributed by atoms with Gasteiger partial charge in [-0.1, -0.05) is 18.2 Å². The first-order valence-electron chi connectivity index (χ1n) is 4.92. The minimum Gasteiger partial charge on any atom is -0.312 e. The van der Waals surface area contributed by atoms with Gasteiger partial charge in [-0.25, -0.2) is 0 Å². The first-order chi connectivity index (χ1) is 7.47. The third-order valence-corrected chi connectivity index (χ3v) is 2.54. The molecular formula is C11H10F3NO. The average molecular weight is 229 g/mol. The summed E-state index contributed by atoms with van der Waals surface area (Å²) < 4.78 is 36.2. The second kappa shape index (κ2) is 3.81. The van der Waals surface area contributed by atoms with E-state index in [2.05, 4.69) is 0 Å². The molecule has 1 aromatic rings. The molecule has 86 valence electrons. The number of para-hydroxylation sites is 1. The number of hydrogen-bond donors (Lipinski definition) is 0. The standard InChI is InChI=1S/C11H10F3NO/c12-11(13,14)5-6-15-9-4-2-1-3-8(9)7-10(15)16/h1-4H,5-7H2. The number of anilines is 1. The Bertz CT molecular complexity index is 414. The number of amides is 1. The van der Waals surface area contributed by atoms with Crippen LogP contribution in [0.1, 0.15) is 12.0 Å². The highest BCUT2D eigenvalue weighted by Gasteiger charge is 2.32. The average Bonchev–Trinajstić information content (AvgIpc) is 2.49. The van der Waals surface area contributed by atoms with Crippen LogP contribution in [-0.2, 0) is 11.2 Å². The minimum absolute atomic E-state index is 0.202. The third kappa shape index (κ3) is 2.18. The Labute approximate surface area is 90.7 Å². The van der Waals surface area contributed by atoms with Crippen LogP contribution >= 0.6 is 0 Å². The zero-order chi connectivity index (χ0) is 11.8. The van der Waals surface area contributed by atoms with E-state index in [1.165, 1.54) is 4.90 Å². The molecule has 2 rings (SSSR count). The molecule has 16 heavy (non-hydrogen) atoms. The van der Waals surface area contributed by atoms with Crippen molar-refractivity contribution in [3.8, 4) is 0 Å². The van der Waals surface area contributed by atoms with E-state index in [0.29, 0.717) is 5.69 Å². The Kier molecular flexibility index (Phi) is 2.61. The van der Waals surface area contributed by atoms with Gasteiger partial charge in [-0.05, 0) is 11.6 Å². The monoisotopic (exact) mass is 229 g/mol. The molecule has 0 aromatic heterocycles. The number of halogens is 3.